The van der Waals surface area contributed by atoms with E-state index in [0.717, 1.165) is 25.0 Å². The monoisotopic (exact) mass is 275 g/mol. The van der Waals surface area contributed by atoms with E-state index in [2.05, 4.69) is 10.1 Å². The fourth-order valence-electron chi connectivity index (χ4n) is 1.44. The number of aromatic nitrogens is 1. The third-order valence-electron chi connectivity index (χ3n) is 2.69. The van der Waals surface area contributed by atoms with Crippen molar-refractivity contribution < 1.29 is 23.1 Å². The van der Waals surface area contributed by atoms with Gasteiger partial charge >= 0.3 is 6.18 Å². The van der Waals surface area contributed by atoms with Gasteiger partial charge in [-0.15, -0.1) is 0 Å². The first-order valence-electron chi connectivity index (χ1n) is 5.60. The molecule has 8 heteroatoms. The van der Waals surface area contributed by atoms with E-state index in [4.69, 9.17) is 15.7 Å². The lowest BCUT2D eigenvalue weighted by Gasteiger charge is -2.12. The van der Waals surface area contributed by atoms with Gasteiger partial charge in [-0.05, 0) is 30.9 Å². The Kier molecular flexibility index (Phi) is 3.50. The average Bonchev–Trinajstić information content (AvgIpc) is 3.18. The minimum Gasteiger partial charge on any atom is -0.477 e. The second-order valence-electron chi connectivity index (χ2n) is 4.29. The van der Waals surface area contributed by atoms with Crippen LogP contribution in [0.5, 0.6) is 5.88 Å². The number of pyridine rings is 1. The summed E-state index contributed by atoms with van der Waals surface area (Å²) < 4.78 is 42.9. The standard InChI is InChI=1S/C11H12F3N3O2/c12-11(13,14)8-4-3-7(9(15)17-18)10(16-8)19-5-6-1-2-6/h3-4,6,18H,1-2,5H2,(H2,15,17). The van der Waals surface area contributed by atoms with E-state index in [9.17, 15) is 13.2 Å². The zero-order valence-corrected chi connectivity index (χ0v) is 9.81. The Morgan fingerprint density at radius 1 is 1.47 bits per heavy atom. The van der Waals surface area contributed by atoms with Gasteiger partial charge in [0.2, 0.25) is 5.88 Å². The van der Waals surface area contributed by atoms with Crippen LogP contribution < -0.4 is 10.5 Å². The highest BCUT2D eigenvalue weighted by atomic mass is 19.4. The van der Waals surface area contributed by atoms with Crippen molar-refractivity contribution in [3.8, 4) is 5.88 Å². The lowest BCUT2D eigenvalue weighted by molar-refractivity contribution is -0.141. The molecule has 0 amide bonds. The van der Waals surface area contributed by atoms with Crippen molar-refractivity contribution in [1.29, 1.82) is 0 Å². The summed E-state index contributed by atoms with van der Waals surface area (Å²) in [7, 11) is 0. The summed E-state index contributed by atoms with van der Waals surface area (Å²) in [5.74, 6) is -0.263. The van der Waals surface area contributed by atoms with Gasteiger partial charge < -0.3 is 15.7 Å². The van der Waals surface area contributed by atoms with Gasteiger partial charge in [0.1, 0.15) is 5.69 Å². The summed E-state index contributed by atoms with van der Waals surface area (Å²) >= 11 is 0. The molecule has 5 nitrogen and oxygen atoms in total. The predicted octanol–water partition coefficient (Wildman–Crippen LogP) is 1.98. The SMILES string of the molecule is NC(=NO)c1ccc(C(F)(F)F)nc1OCC1CC1. The van der Waals surface area contributed by atoms with Gasteiger partial charge in [-0.1, -0.05) is 5.16 Å². The van der Waals surface area contributed by atoms with Gasteiger partial charge in [-0.25, -0.2) is 4.98 Å². The Morgan fingerprint density at radius 2 is 2.16 bits per heavy atom. The quantitative estimate of drug-likeness (QED) is 0.381. The molecule has 19 heavy (non-hydrogen) atoms. The van der Waals surface area contributed by atoms with Crippen LogP contribution in [0.3, 0.4) is 0 Å². The highest BCUT2D eigenvalue weighted by Gasteiger charge is 2.34. The van der Waals surface area contributed by atoms with Crippen LogP contribution in [-0.4, -0.2) is 22.6 Å². The minimum absolute atomic E-state index is 0.0381. The third kappa shape index (κ3) is 3.27. The van der Waals surface area contributed by atoms with E-state index >= 15 is 0 Å². The second-order valence-corrected chi connectivity index (χ2v) is 4.29. The van der Waals surface area contributed by atoms with Crippen LogP contribution in [-0.2, 0) is 6.18 Å². The highest BCUT2D eigenvalue weighted by Crippen LogP contribution is 2.32. The molecule has 1 heterocycles. The van der Waals surface area contributed by atoms with Gasteiger partial charge in [0.25, 0.3) is 0 Å². The minimum atomic E-state index is -4.57. The van der Waals surface area contributed by atoms with Crippen LogP contribution >= 0.6 is 0 Å². The first kappa shape index (κ1) is 13.4. The van der Waals surface area contributed by atoms with Crippen molar-refractivity contribution >= 4 is 5.84 Å². The highest BCUT2D eigenvalue weighted by molar-refractivity contribution is 5.99. The fourth-order valence-corrected chi connectivity index (χ4v) is 1.44. The number of nitrogens with two attached hydrogens (primary N) is 1. The van der Waals surface area contributed by atoms with Gasteiger partial charge in [-0.3, -0.25) is 0 Å². The van der Waals surface area contributed by atoms with Crippen molar-refractivity contribution in [2.45, 2.75) is 19.0 Å². The van der Waals surface area contributed by atoms with Crippen LogP contribution in [0.15, 0.2) is 17.3 Å². The van der Waals surface area contributed by atoms with E-state index in [0.29, 0.717) is 5.92 Å². The molecule has 0 saturated heterocycles. The molecule has 0 spiro atoms. The second kappa shape index (κ2) is 4.94. The van der Waals surface area contributed by atoms with E-state index in [1.165, 1.54) is 0 Å². The number of ether oxygens (including phenoxy) is 1. The maximum absolute atomic E-state index is 12.6. The third-order valence-corrected chi connectivity index (χ3v) is 2.69. The van der Waals surface area contributed by atoms with Gasteiger partial charge in [0, 0.05) is 0 Å². The van der Waals surface area contributed by atoms with Crippen LogP contribution in [0.2, 0.25) is 0 Å². The van der Waals surface area contributed by atoms with Crippen LogP contribution in [0.4, 0.5) is 13.2 Å². The lowest BCUT2D eigenvalue weighted by Crippen LogP contribution is -2.18. The number of hydrogen-bond donors (Lipinski definition) is 2. The van der Waals surface area contributed by atoms with Crippen LogP contribution in [0.25, 0.3) is 0 Å². The van der Waals surface area contributed by atoms with E-state index < -0.39 is 11.9 Å². The number of oxime groups is 1. The van der Waals surface area contributed by atoms with Crippen LogP contribution in [0, 0.1) is 5.92 Å². The van der Waals surface area contributed by atoms with Crippen molar-refractivity contribution in [3.63, 3.8) is 0 Å². The number of rotatable bonds is 4. The van der Waals surface area contributed by atoms with Gasteiger partial charge in [-0.2, -0.15) is 13.2 Å². The number of halogens is 3. The Labute approximate surface area is 106 Å². The van der Waals surface area contributed by atoms with Crippen molar-refractivity contribution in [2.75, 3.05) is 6.61 Å². The molecule has 0 aromatic carbocycles. The number of amidine groups is 1. The van der Waals surface area contributed by atoms with E-state index in [1.807, 2.05) is 0 Å². The normalized spacial score (nSPS) is 16.5. The lowest BCUT2D eigenvalue weighted by atomic mass is 10.2. The molecule has 1 aliphatic carbocycles. The Morgan fingerprint density at radius 3 is 2.68 bits per heavy atom. The zero-order valence-electron chi connectivity index (χ0n) is 9.81. The van der Waals surface area contributed by atoms with Crippen molar-refractivity contribution in [1.82, 2.24) is 4.98 Å². The zero-order chi connectivity index (χ0) is 14.0. The largest absolute Gasteiger partial charge is 0.477 e. The molecule has 1 aliphatic rings. The predicted molar refractivity (Wildman–Crippen MR) is 60.0 cm³/mol. The fraction of sp³-hybridized carbons (Fsp3) is 0.455. The van der Waals surface area contributed by atoms with E-state index in [1.54, 1.807) is 0 Å². The molecule has 3 N–H and O–H groups in total. The summed E-state index contributed by atoms with van der Waals surface area (Å²) in [4.78, 5) is 3.39. The molecule has 1 aromatic rings. The summed E-state index contributed by atoms with van der Waals surface area (Å²) in [5, 5.41) is 11.3. The summed E-state index contributed by atoms with van der Waals surface area (Å²) in [6.07, 6.45) is -2.60. The van der Waals surface area contributed by atoms with Crippen molar-refractivity contribution in [3.05, 3.63) is 23.4 Å². The van der Waals surface area contributed by atoms with E-state index in [-0.39, 0.29) is 23.9 Å². The molecule has 0 aliphatic heterocycles. The molecular formula is C11H12F3N3O2. The molecule has 2 rings (SSSR count). The van der Waals surface area contributed by atoms with Crippen LogP contribution in [0.1, 0.15) is 24.1 Å². The molecule has 0 radical (unpaired) electrons. The molecule has 0 bridgehead atoms. The topological polar surface area (TPSA) is 80.7 Å². The smallest absolute Gasteiger partial charge is 0.433 e. The molecule has 1 aromatic heterocycles. The number of nitrogens with zero attached hydrogens (tertiary/aromatic N) is 2. The average molecular weight is 275 g/mol. The molecule has 0 atom stereocenters. The number of hydrogen-bond acceptors (Lipinski definition) is 4. The van der Waals surface area contributed by atoms with Gasteiger partial charge in [0.05, 0.1) is 12.2 Å². The Balaban J connectivity index is 2.31. The molecule has 0 unspecified atom stereocenters. The molecule has 1 saturated carbocycles. The number of alkyl halides is 3. The maximum atomic E-state index is 12.6. The summed E-state index contributed by atoms with van der Waals surface area (Å²) in [5.41, 5.74) is 4.34. The summed E-state index contributed by atoms with van der Waals surface area (Å²) in [6, 6.07) is 1.84. The first-order chi connectivity index (χ1) is 8.91. The Hall–Kier alpha value is -1.99. The maximum Gasteiger partial charge on any atom is 0.433 e. The molecule has 104 valence electrons. The van der Waals surface area contributed by atoms with Crippen molar-refractivity contribution in [2.24, 2.45) is 16.8 Å². The van der Waals surface area contributed by atoms with Gasteiger partial charge in [0.15, 0.2) is 5.84 Å². The first-order valence-corrected chi connectivity index (χ1v) is 5.60. The Bertz CT molecular complexity index is 498. The molecular weight excluding hydrogens is 263 g/mol. The molecule has 1 fully saturated rings. The summed E-state index contributed by atoms with van der Waals surface area (Å²) in [6.45, 7) is 0.278.